The molecule has 2 aromatic rings. The molecule has 1 N–H and O–H groups in total. The van der Waals surface area contributed by atoms with Crippen molar-refractivity contribution >= 4 is 35.0 Å². The van der Waals surface area contributed by atoms with Gasteiger partial charge in [-0.1, -0.05) is 48.3 Å². The predicted molar refractivity (Wildman–Crippen MR) is 126 cm³/mol. The minimum atomic E-state index is -0.726. The molecule has 5 nitrogen and oxygen atoms in total. The molecule has 2 atom stereocenters. The third-order valence-electron chi connectivity index (χ3n) is 5.46. The summed E-state index contributed by atoms with van der Waals surface area (Å²) >= 11 is 12.7. The van der Waals surface area contributed by atoms with Crippen LogP contribution in [0.25, 0.3) is 0 Å². The molecule has 0 saturated heterocycles. The lowest BCUT2D eigenvalue weighted by Gasteiger charge is -2.30. The molecule has 0 saturated carbocycles. The molecule has 168 valence electrons. The number of carbonyl (C=O) groups excluding carboxylic acids is 2. The molecule has 2 aromatic carbocycles. The van der Waals surface area contributed by atoms with E-state index in [1.165, 1.54) is 4.90 Å². The molecule has 31 heavy (non-hydrogen) atoms. The zero-order valence-corrected chi connectivity index (χ0v) is 20.2. The number of nitrogens with one attached hydrogen (secondary N) is 1. The molecule has 0 bridgehead atoms. The van der Waals surface area contributed by atoms with Crippen LogP contribution in [-0.4, -0.2) is 35.4 Å². The summed E-state index contributed by atoms with van der Waals surface area (Å²) in [5, 5.41) is 3.81. The Hall–Kier alpha value is -2.24. The number of benzene rings is 2. The first-order valence-electron chi connectivity index (χ1n) is 10.4. The van der Waals surface area contributed by atoms with Gasteiger partial charge in [0.25, 0.3) is 5.91 Å². The van der Waals surface area contributed by atoms with Crippen molar-refractivity contribution in [2.75, 3.05) is 6.61 Å². The fourth-order valence-electron chi connectivity index (χ4n) is 3.00. The van der Waals surface area contributed by atoms with Crippen molar-refractivity contribution in [1.29, 1.82) is 0 Å². The Morgan fingerprint density at radius 2 is 1.68 bits per heavy atom. The molecule has 0 spiro atoms. The number of hydrogen-bond acceptors (Lipinski definition) is 3. The quantitative estimate of drug-likeness (QED) is 0.545. The maximum Gasteiger partial charge on any atom is 0.261 e. The van der Waals surface area contributed by atoms with Gasteiger partial charge in [0.1, 0.15) is 11.8 Å². The Bertz CT molecular complexity index is 913. The number of aryl methyl sites for hydroxylation is 1. The summed E-state index contributed by atoms with van der Waals surface area (Å²) in [7, 11) is 0. The smallest absolute Gasteiger partial charge is 0.261 e. The highest BCUT2D eigenvalue weighted by molar-refractivity contribution is 6.36. The summed E-state index contributed by atoms with van der Waals surface area (Å²) < 4.78 is 5.80. The third kappa shape index (κ3) is 6.62. The molecule has 0 fully saturated rings. The maximum absolute atomic E-state index is 13.2. The van der Waals surface area contributed by atoms with Crippen molar-refractivity contribution in [2.24, 2.45) is 0 Å². The Labute approximate surface area is 194 Å². The minimum absolute atomic E-state index is 0.00185. The predicted octanol–water partition coefficient (Wildman–Crippen LogP) is 5.32. The van der Waals surface area contributed by atoms with Gasteiger partial charge >= 0.3 is 0 Å². The van der Waals surface area contributed by atoms with Crippen LogP contribution in [0.3, 0.4) is 0 Å². The highest BCUT2D eigenvalue weighted by atomic mass is 35.5. The van der Waals surface area contributed by atoms with Crippen LogP contribution in [-0.2, 0) is 16.1 Å². The first kappa shape index (κ1) is 25.0. The molecule has 0 aromatic heterocycles. The van der Waals surface area contributed by atoms with Crippen molar-refractivity contribution in [1.82, 2.24) is 10.2 Å². The highest BCUT2D eigenvalue weighted by Gasteiger charge is 2.28. The van der Waals surface area contributed by atoms with E-state index in [1.54, 1.807) is 25.1 Å². The van der Waals surface area contributed by atoms with Gasteiger partial charge in [-0.3, -0.25) is 9.59 Å². The van der Waals surface area contributed by atoms with E-state index in [4.69, 9.17) is 27.9 Å². The van der Waals surface area contributed by atoms with Crippen molar-refractivity contribution in [3.05, 3.63) is 63.1 Å². The molecule has 0 aliphatic carbocycles. The monoisotopic (exact) mass is 464 g/mol. The van der Waals surface area contributed by atoms with E-state index in [-0.39, 0.29) is 31.0 Å². The average molecular weight is 465 g/mol. The van der Waals surface area contributed by atoms with Crippen molar-refractivity contribution < 1.29 is 14.3 Å². The Balaban J connectivity index is 2.26. The van der Waals surface area contributed by atoms with E-state index in [2.05, 4.69) is 5.32 Å². The second-order valence-electron chi connectivity index (χ2n) is 7.70. The zero-order valence-electron chi connectivity index (χ0n) is 18.7. The molecule has 0 heterocycles. The number of hydrogen-bond donors (Lipinski definition) is 1. The lowest BCUT2D eigenvalue weighted by molar-refractivity contribution is -0.142. The van der Waals surface area contributed by atoms with Gasteiger partial charge in [-0.05, 0) is 63.4 Å². The summed E-state index contributed by atoms with van der Waals surface area (Å²) in [5.41, 5.74) is 2.64. The summed E-state index contributed by atoms with van der Waals surface area (Å²) in [6.45, 7) is 9.43. The van der Waals surface area contributed by atoms with Crippen LogP contribution in [0, 0.1) is 13.8 Å². The van der Waals surface area contributed by atoms with Crippen molar-refractivity contribution in [3.8, 4) is 5.75 Å². The van der Waals surface area contributed by atoms with Crippen LogP contribution in [0.2, 0.25) is 10.0 Å². The third-order valence-corrected chi connectivity index (χ3v) is 6.17. The standard InChI is InChI=1S/C24H30Cl2N2O3/c1-6-16(3)27-24(30)18(5)28(13-19-20(25)10-8-11-21(19)26)23(29)14-31-22-12-7-9-15(2)17(22)4/h7-12,16,18H,6,13-14H2,1-5H3,(H,27,30)/t16-,18-/m0/s1. The average Bonchev–Trinajstić information content (AvgIpc) is 2.73. The molecule has 0 radical (unpaired) electrons. The first-order valence-corrected chi connectivity index (χ1v) is 11.1. The summed E-state index contributed by atoms with van der Waals surface area (Å²) in [6, 6.07) is 10.1. The fraction of sp³-hybridized carbons (Fsp3) is 0.417. The Kier molecular flexibility index (Phi) is 9.20. The van der Waals surface area contributed by atoms with Crippen LogP contribution in [0.15, 0.2) is 36.4 Å². The van der Waals surface area contributed by atoms with Crippen LogP contribution in [0.4, 0.5) is 0 Å². The molecule has 0 aliphatic rings. The van der Waals surface area contributed by atoms with Crippen molar-refractivity contribution in [3.63, 3.8) is 0 Å². The topological polar surface area (TPSA) is 58.6 Å². The van der Waals surface area contributed by atoms with Gasteiger partial charge in [0.15, 0.2) is 6.61 Å². The lowest BCUT2D eigenvalue weighted by atomic mass is 10.1. The summed E-state index contributed by atoms with van der Waals surface area (Å²) in [4.78, 5) is 27.4. The van der Waals surface area contributed by atoms with Gasteiger partial charge in [0.05, 0.1) is 0 Å². The molecule has 2 rings (SSSR count). The normalized spacial score (nSPS) is 12.7. The molecular formula is C24H30Cl2N2O3. The van der Waals surface area contributed by atoms with Gasteiger partial charge in [0.2, 0.25) is 5.91 Å². The summed E-state index contributed by atoms with van der Waals surface area (Å²) in [5.74, 6) is 0.0714. The van der Waals surface area contributed by atoms with Crippen LogP contribution < -0.4 is 10.1 Å². The number of carbonyl (C=O) groups is 2. The first-order chi connectivity index (χ1) is 14.6. The molecule has 0 aliphatic heterocycles. The Morgan fingerprint density at radius 3 is 2.29 bits per heavy atom. The maximum atomic E-state index is 13.2. The number of halogens is 2. The van der Waals surface area contributed by atoms with Crippen molar-refractivity contribution in [2.45, 2.75) is 59.7 Å². The SMILES string of the molecule is CC[C@H](C)NC(=O)[C@H](C)N(Cc1c(Cl)cccc1Cl)C(=O)COc1cccc(C)c1C. The van der Waals surface area contributed by atoms with E-state index in [9.17, 15) is 9.59 Å². The second-order valence-corrected chi connectivity index (χ2v) is 8.52. The van der Waals surface area contributed by atoms with E-state index >= 15 is 0 Å². The van der Waals surface area contributed by atoms with E-state index in [0.29, 0.717) is 21.4 Å². The largest absolute Gasteiger partial charge is 0.483 e. The van der Waals surface area contributed by atoms with Gasteiger partial charge in [-0.25, -0.2) is 0 Å². The molecule has 0 unspecified atom stereocenters. The molecule has 2 amide bonds. The second kappa shape index (κ2) is 11.4. The van der Waals surface area contributed by atoms with Gasteiger partial charge in [0, 0.05) is 28.2 Å². The summed E-state index contributed by atoms with van der Waals surface area (Å²) in [6.07, 6.45) is 0.790. The minimum Gasteiger partial charge on any atom is -0.483 e. The van der Waals surface area contributed by atoms with Gasteiger partial charge in [-0.2, -0.15) is 0 Å². The van der Waals surface area contributed by atoms with Crippen LogP contribution in [0.5, 0.6) is 5.75 Å². The number of ether oxygens (including phenoxy) is 1. The number of rotatable bonds is 9. The van der Waals surface area contributed by atoms with Crippen LogP contribution >= 0.6 is 23.2 Å². The lowest BCUT2D eigenvalue weighted by Crippen LogP contribution is -2.50. The number of nitrogens with zero attached hydrogens (tertiary/aromatic N) is 1. The zero-order chi connectivity index (χ0) is 23.1. The van der Waals surface area contributed by atoms with E-state index in [0.717, 1.165) is 17.5 Å². The number of amides is 2. The highest BCUT2D eigenvalue weighted by Crippen LogP contribution is 2.27. The van der Waals surface area contributed by atoms with E-state index < -0.39 is 6.04 Å². The van der Waals surface area contributed by atoms with E-state index in [1.807, 2.05) is 45.9 Å². The van der Waals surface area contributed by atoms with Gasteiger partial charge < -0.3 is 15.0 Å². The van der Waals surface area contributed by atoms with Gasteiger partial charge in [-0.15, -0.1) is 0 Å². The molecular weight excluding hydrogens is 435 g/mol. The Morgan fingerprint density at radius 1 is 1.06 bits per heavy atom. The molecule has 7 heteroatoms. The van der Waals surface area contributed by atoms with Crippen LogP contribution in [0.1, 0.15) is 43.9 Å². The fourth-order valence-corrected chi connectivity index (χ4v) is 3.52.